The number of hydrogen-bond donors (Lipinski definition) is 0. The Kier molecular flexibility index (Phi) is 6.01. The lowest BCUT2D eigenvalue weighted by atomic mass is 10.3. The Balaban J connectivity index is 1.30. The highest BCUT2D eigenvalue weighted by atomic mass is 16.5. The van der Waals surface area contributed by atoms with Crippen molar-refractivity contribution in [1.29, 1.82) is 0 Å². The van der Waals surface area contributed by atoms with E-state index >= 15 is 0 Å². The Morgan fingerprint density at radius 3 is 2.32 bits per heavy atom. The summed E-state index contributed by atoms with van der Waals surface area (Å²) in [5.41, 5.74) is 1.96. The largest absolute Gasteiger partial charge is 0.497 e. The molecule has 1 aliphatic heterocycles. The van der Waals surface area contributed by atoms with Gasteiger partial charge in [0.1, 0.15) is 11.5 Å². The van der Waals surface area contributed by atoms with Gasteiger partial charge in [-0.2, -0.15) is 5.10 Å². The van der Waals surface area contributed by atoms with Crippen LogP contribution in [-0.2, 0) is 4.79 Å². The molecule has 4 rings (SSSR count). The van der Waals surface area contributed by atoms with Gasteiger partial charge in [0.05, 0.1) is 12.8 Å². The van der Waals surface area contributed by atoms with Crippen LogP contribution in [0.25, 0.3) is 5.82 Å². The molecule has 3 aromatic rings. The van der Waals surface area contributed by atoms with Crippen molar-refractivity contribution in [3.8, 4) is 17.3 Å². The average Bonchev–Trinajstić information content (AvgIpc) is 3.15. The van der Waals surface area contributed by atoms with Crippen LogP contribution in [0.5, 0.6) is 11.5 Å². The monoisotopic (exact) mass is 422 g/mol. The number of benzene rings is 1. The molecule has 0 bridgehead atoms. The van der Waals surface area contributed by atoms with Crippen LogP contribution in [0.1, 0.15) is 11.4 Å². The number of carbonyl (C=O) groups is 1. The van der Waals surface area contributed by atoms with E-state index in [4.69, 9.17) is 9.47 Å². The molecule has 0 unspecified atom stereocenters. The third-order valence-electron chi connectivity index (χ3n) is 5.22. The van der Waals surface area contributed by atoms with Crippen molar-refractivity contribution in [3.63, 3.8) is 0 Å². The van der Waals surface area contributed by atoms with Gasteiger partial charge >= 0.3 is 0 Å². The number of anilines is 1. The molecule has 2 aromatic heterocycles. The minimum atomic E-state index is -0.0339. The first kappa shape index (κ1) is 20.6. The lowest BCUT2D eigenvalue weighted by Gasteiger charge is -2.35. The predicted molar refractivity (Wildman–Crippen MR) is 116 cm³/mol. The molecule has 9 heteroatoms. The van der Waals surface area contributed by atoms with E-state index in [2.05, 4.69) is 20.2 Å². The van der Waals surface area contributed by atoms with Crippen LogP contribution in [0.3, 0.4) is 0 Å². The summed E-state index contributed by atoms with van der Waals surface area (Å²) in [6.07, 6.45) is 0. The molecular formula is C22H26N6O3. The molecule has 1 saturated heterocycles. The van der Waals surface area contributed by atoms with E-state index in [1.807, 2.05) is 55.1 Å². The van der Waals surface area contributed by atoms with Crippen molar-refractivity contribution >= 4 is 11.7 Å². The summed E-state index contributed by atoms with van der Waals surface area (Å²) in [6, 6.07) is 13.1. The van der Waals surface area contributed by atoms with Gasteiger partial charge in [-0.1, -0.05) is 6.07 Å². The van der Waals surface area contributed by atoms with E-state index in [-0.39, 0.29) is 12.5 Å². The number of piperazine rings is 1. The molecule has 1 amide bonds. The Bertz CT molecular complexity index is 1040. The molecule has 0 spiro atoms. The lowest BCUT2D eigenvalue weighted by molar-refractivity contribution is -0.133. The first-order valence-corrected chi connectivity index (χ1v) is 10.2. The van der Waals surface area contributed by atoms with Crippen LogP contribution in [0.2, 0.25) is 0 Å². The molecule has 162 valence electrons. The summed E-state index contributed by atoms with van der Waals surface area (Å²) in [7, 11) is 1.60. The zero-order valence-electron chi connectivity index (χ0n) is 18.0. The minimum absolute atomic E-state index is 0.00427. The molecule has 0 radical (unpaired) electrons. The number of aryl methyl sites for hydroxylation is 2. The highest BCUT2D eigenvalue weighted by molar-refractivity contribution is 5.78. The first-order valence-electron chi connectivity index (χ1n) is 10.2. The highest BCUT2D eigenvalue weighted by Crippen LogP contribution is 2.19. The van der Waals surface area contributed by atoms with E-state index in [1.54, 1.807) is 17.9 Å². The summed E-state index contributed by atoms with van der Waals surface area (Å²) in [5, 5.41) is 13.1. The number of carbonyl (C=O) groups excluding carboxylic acids is 1. The van der Waals surface area contributed by atoms with E-state index in [9.17, 15) is 4.79 Å². The smallest absolute Gasteiger partial charge is 0.260 e. The molecule has 1 fully saturated rings. The van der Waals surface area contributed by atoms with Gasteiger partial charge in [-0.15, -0.1) is 10.2 Å². The summed E-state index contributed by atoms with van der Waals surface area (Å²) in [5.74, 6) is 2.77. The minimum Gasteiger partial charge on any atom is -0.497 e. The van der Waals surface area contributed by atoms with Gasteiger partial charge in [-0.25, -0.2) is 4.68 Å². The molecular weight excluding hydrogens is 396 g/mol. The number of rotatable bonds is 6. The van der Waals surface area contributed by atoms with Gasteiger partial charge in [0, 0.05) is 37.9 Å². The van der Waals surface area contributed by atoms with Crippen LogP contribution in [0.4, 0.5) is 5.82 Å². The van der Waals surface area contributed by atoms with Gasteiger partial charge in [-0.05, 0) is 44.2 Å². The molecule has 1 aromatic carbocycles. The fourth-order valence-corrected chi connectivity index (χ4v) is 3.57. The fourth-order valence-electron chi connectivity index (χ4n) is 3.57. The van der Waals surface area contributed by atoms with Crippen molar-refractivity contribution in [1.82, 2.24) is 24.9 Å². The fraction of sp³-hybridized carbons (Fsp3) is 0.364. The van der Waals surface area contributed by atoms with Crippen molar-refractivity contribution < 1.29 is 14.3 Å². The highest BCUT2D eigenvalue weighted by Gasteiger charge is 2.22. The molecule has 0 saturated carbocycles. The predicted octanol–water partition coefficient (Wildman–Crippen LogP) is 2.02. The second-order valence-corrected chi connectivity index (χ2v) is 7.42. The quantitative estimate of drug-likeness (QED) is 0.601. The second-order valence-electron chi connectivity index (χ2n) is 7.42. The lowest BCUT2D eigenvalue weighted by Crippen LogP contribution is -2.50. The Labute approximate surface area is 181 Å². The number of ether oxygens (including phenoxy) is 2. The van der Waals surface area contributed by atoms with Crippen molar-refractivity contribution in [2.24, 2.45) is 0 Å². The molecule has 1 aliphatic rings. The number of hydrogen-bond acceptors (Lipinski definition) is 7. The molecule has 0 N–H and O–H groups in total. The maximum Gasteiger partial charge on any atom is 0.260 e. The van der Waals surface area contributed by atoms with Crippen LogP contribution < -0.4 is 14.4 Å². The summed E-state index contributed by atoms with van der Waals surface area (Å²) >= 11 is 0. The average molecular weight is 422 g/mol. The van der Waals surface area contributed by atoms with Crippen LogP contribution in [0.15, 0.2) is 42.5 Å². The maximum absolute atomic E-state index is 12.5. The number of aromatic nitrogens is 4. The normalized spacial score (nSPS) is 13.9. The maximum atomic E-state index is 12.5. The van der Waals surface area contributed by atoms with Gasteiger partial charge in [0.2, 0.25) is 0 Å². The van der Waals surface area contributed by atoms with E-state index in [0.717, 1.165) is 17.2 Å². The molecule has 0 atom stereocenters. The van der Waals surface area contributed by atoms with Crippen molar-refractivity contribution in [2.45, 2.75) is 13.8 Å². The molecule has 3 heterocycles. The van der Waals surface area contributed by atoms with Crippen LogP contribution >= 0.6 is 0 Å². The van der Waals surface area contributed by atoms with Crippen LogP contribution in [-0.4, -0.2) is 70.7 Å². The SMILES string of the molecule is COc1cccc(OCC(=O)N2CCN(c3ccc(-n4nc(C)cc4C)nn3)CC2)c1. The summed E-state index contributed by atoms with van der Waals surface area (Å²) in [4.78, 5) is 16.5. The van der Waals surface area contributed by atoms with E-state index in [0.29, 0.717) is 43.5 Å². The number of amides is 1. The van der Waals surface area contributed by atoms with Crippen molar-refractivity contribution in [2.75, 3.05) is 44.8 Å². The number of nitrogens with zero attached hydrogens (tertiary/aromatic N) is 6. The van der Waals surface area contributed by atoms with Gasteiger partial charge in [0.25, 0.3) is 5.91 Å². The topological polar surface area (TPSA) is 85.6 Å². The third kappa shape index (κ3) is 4.76. The Morgan fingerprint density at radius 2 is 1.68 bits per heavy atom. The summed E-state index contributed by atoms with van der Waals surface area (Å²) in [6.45, 7) is 6.56. The molecule has 31 heavy (non-hydrogen) atoms. The Hall–Kier alpha value is -3.62. The molecule has 9 nitrogen and oxygen atoms in total. The third-order valence-corrected chi connectivity index (χ3v) is 5.22. The number of methoxy groups -OCH3 is 1. The van der Waals surface area contributed by atoms with Gasteiger partial charge in [-0.3, -0.25) is 4.79 Å². The summed E-state index contributed by atoms with van der Waals surface area (Å²) < 4.78 is 12.6. The van der Waals surface area contributed by atoms with Gasteiger partial charge < -0.3 is 19.3 Å². The zero-order valence-corrected chi connectivity index (χ0v) is 18.0. The van der Waals surface area contributed by atoms with E-state index < -0.39 is 0 Å². The van der Waals surface area contributed by atoms with Crippen LogP contribution in [0, 0.1) is 13.8 Å². The van der Waals surface area contributed by atoms with Crippen molar-refractivity contribution in [3.05, 3.63) is 53.9 Å². The first-order chi connectivity index (χ1) is 15.0. The molecule has 0 aliphatic carbocycles. The van der Waals surface area contributed by atoms with Gasteiger partial charge in [0.15, 0.2) is 18.2 Å². The Morgan fingerprint density at radius 1 is 0.968 bits per heavy atom. The van der Waals surface area contributed by atoms with E-state index in [1.165, 1.54) is 0 Å². The standard InChI is InChI=1S/C22H26N6O3/c1-16-13-17(2)28(25-16)21-8-7-20(23-24-21)26-9-11-27(12-10-26)22(29)15-31-19-6-4-5-18(14-19)30-3/h4-8,13-14H,9-12,15H2,1-3H3. The zero-order chi connectivity index (χ0) is 21.8. The second kappa shape index (κ2) is 9.03.